The Balaban J connectivity index is 2.38. The summed E-state index contributed by atoms with van der Waals surface area (Å²) in [6.07, 6.45) is 3.16. The van der Waals surface area contributed by atoms with E-state index in [-0.39, 0.29) is 0 Å². The number of aromatic nitrogens is 2. The van der Waals surface area contributed by atoms with Crippen LogP contribution >= 0.6 is 23.4 Å². The monoisotopic (exact) mass is 231 g/mol. The molecular weight excluding hydrogens is 218 g/mol. The van der Waals surface area contributed by atoms with Gasteiger partial charge in [0.25, 0.3) is 0 Å². The van der Waals surface area contributed by atoms with Crippen LogP contribution in [0, 0.1) is 0 Å². The van der Waals surface area contributed by atoms with Gasteiger partial charge in [0.2, 0.25) is 0 Å². The average molecular weight is 232 g/mol. The first-order valence-electron chi connectivity index (χ1n) is 4.70. The molecule has 1 aromatic rings. The first-order valence-corrected chi connectivity index (χ1v) is 6.30. The molecule has 2 rings (SSSR count). The summed E-state index contributed by atoms with van der Waals surface area (Å²) in [6, 6.07) is 0. The largest absolute Gasteiger partial charge is 0.300 e. The van der Waals surface area contributed by atoms with Crippen molar-refractivity contribution in [2.24, 2.45) is 0 Å². The third kappa shape index (κ3) is 1.78. The highest BCUT2D eigenvalue weighted by atomic mass is 35.5. The summed E-state index contributed by atoms with van der Waals surface area (Å²) >= 11 is 7.86. The van der Waals surface area contributed by atoms with Gasteiger partial charge >= 0.3 is 0 Å². The molecule has 3 nitrogen and oxygen atoms in total. The van der Waals surface area contributed by atoms with Gasteiger partial charge in [0.15, 0.2) is 0 Å². The fourth-order valence-electron chi connectivity index (χ4n) is 1.74. The fourth-order valence-corrected chi connectivity index (χ4v) is 2.65. The van der Waals surface area contributed by atoms with Crippen LogP contribution < -0.4 is 0 Å². The highest BCUT2D eigenvalue weighted by Crippen LogP contribution is 2.29. The lowest BCUT2D eigenvalue weighted by molar-refractivity contribution is 0.332. The van der Waals surface area contributed by atoms with Gasteiger partial charge in [-0.2, -0.15) is 5.10 Å². The lowest BCUT2D eigenvalue weighted by Crippen LogP contribution is -2.17. The van der Waals surface area contributed by atoms with Crippen LogP contribution in [0.5, 0.6) is 0 Å². The Morgan fingerprint density at radius 3 is 2.93 bits per heavy atom. The Hall–Kier alpha value is -0.190. The Morgan fingerprint density at radius 1 is 1.43 bits per heavy atom. The third-order valence-electron chi connectivity index (χ3n) is 2.49. The van der Waals surface area contributed by atoms with Crippen LogP contribution in [0.2, 0.25) is 5.02 Å². The lowest BCUT2D eigenvalue weighted by Gasteiger charge is -2.11. The van der Waals surface area contributed by atoms with E-state index in [0.29, 0.717) is 0 Å². The molecule has 0 fully saturated rings. The Bertz CT molecular complexity index is 337. The number of nitrogens with zero attached hydrogens (tertiary/aromatic N) is 3. The minimum Gasteiger partial charge on any atom is -0.300 e. The molecule has 0 unspecified atom stereocenters. The maximum absolute atomic E-state index is 6.25. The number of fused-ring (bicyclic) bond motifs is 1. The van der Waals surface area contributed by atoms with Crippen molar-refractivity contribution in [2.75, 3.05) is 19.8 Å². The summed E-state index contributed by atoms with van der Waals surface area (Å²) < 4.78 is 2.05. The highest BCUT2D eigenvalue weighted by molar-refractivity contribution is 7.98. The molecule has 0 saturated carbocycles. The molecule has 0 saturated heterocycles. The summed E-state index contributed by atoms with van der Waals surface area (Å²) in [4.78, 5) is 2.29. The average Bonchev–Trinajstić information content (AvgIpc) is 2.35. The van der Waals surface area contributed by atoms with E-state index < -0.39 is 0 Å². The summed E-state index contributed by atoms with van der Waals surface area (Å²) in [5, 5.41) is 6.28. The van der Waals surface area contributed by atoms with Crippen LogP contribution in [0.1, 0.15) is 12.1 Å². The van der Waals surface area contributed by atoms with E-state index in [0.717, 1.165) is 41.8 Å². The zero-order valence-corrected chi connectivity index (χ0v) is 10.0. The molecule has 2 heterocycles. The summed E-state index contributed by atoms with van der Waals surface area (Å²) in [6.45, 7) is 3.01. The highest BCUT2D eigenvalue weighted by Gasteiger charge is 2.19. The number of rotatable bonds is 1. The van der Waals surface area contributed by atoms with E-state index in [1.54, 1.807) is 11.8 Å². The van der Waals surface area contributed by atoms with Gasteiger partial charge in [-0.05, 0) is 19.7 Å². The second kappa shape index (κ2) is 4.13. The molecule has 0 atom stereocenters. The predicted molar refractivity (Wildman–Crippen MR) is 60.0 cm³/mol. The normalized spacial score (nSPS) is 17.9. The standard InChI is InChI=1S/C9H14ClN3S/c1-12-4-3-5-13-7(6-12)8(10)9(11-13)14-2/h3-6H2,1-2H3. The Morgan fingerprint density at radius 2 is 2.21 bits per heavy atom. The summed E-state index contributed by atoms with van der Waals surface area (Å²) in [7, 11) is 2.12. The smallest absolute Gasteiger partial charge is 0.137 e. The number of aryl methyl sites for hydroxylation is 1. The van der Waals surface area contributed by atoms with Crippen LogP contribution in [-0.4, -0.2) is 34.5 Å². The zero-order valence-electron chi connectivity index (χ0n) is 8.46. The molecule has 0 spiro atoms. The van der Waals surface area contributed by atoms with E-state index in [2.05, 4.69) is 21.7 Å². The summed E-state index contributed by atoms with van der Waals surface area (Å²) in [5.41, 5.74) is 1.16. The topological polar surface area (TPSA) is 21.1 Å². The van der Waals surface area contributed by atoms with Crippen molar-refractivity contribution in [1.82, 2.24) is 14.7 Å². The van der Waals surface area contributed by atoms with Crippen LogP contribution in [0.25, 0.3) is 0 Å². The van der Waals surface area contributed by atoms with E-state index >= 15 is 0 Å². The van der Waals surface area contributed by atoms with E-state index in [1.807, 2.05) is 6.26 Å². The van der Waals surface area contributed by atoms with Crippen molar-refractivity contribution < 1.29 is 0 Å². The van der Waals surface area contributed by atoms with Crippen molar-refractivity contribution in [3.05, 3.63) is 10.7 Å². The Labute approximate surface area is 93.4 Å². The molecule has 1 aliphatic heterocycles. The maximum Gasteiger partial charge on any atom is 0.137 e. The molecule has 5 heteroatoms. The van der Waals surface area contributed by atoms with Gasteiger partial charge in [-0.15, -0.1) is 11.8 Å². The predicted octanol–water partition coefficient (Wildman–Crippen LogP) is 2.09. The molecule has 0 aliphatic carbocycles. The second-order valence-corrected chi connectivity index (χ2v) is 4.76. The molecule has 0 N–H and O–H groups in total. The van der Waals surface area contributed by atoms with Crippen LogP contribution in [0.3, 0.4) is 0 Å². The second-order valence-electron chi connectivity index (χ2n) is 3.58. The number of thioether (sulfide) groups is 1. The van der Waals surface area contributed by atoms with Crippen molar-refractivity contribution in [3.63, 3.8) is 0 Å². The SMILES string of the molecule is CSc1nn2c(c1Cl)CN(C)CCC2. The molecular formula is C9H14ClN3S. The van der Waals surface area contributed by atoms with Crippen molar-refractivity contribution in [2.45, 2.75) is 24.5 Å². The minimum absolute atomic E-state index is 0.839. The molecule has 0 amide bonds. The molecule has 0 aromatic carbocycles. The van der Waals surface area contributed by atoms with Gasteiger partial charge in [-0.3, -0.25) is 4.68 Å². The van der Waals surface area contributed by atoms with Gasteiger partial charge in [0.1, 0.15) is 5.03 Å². The Kier molecular flexibility index (Phi) is 3.04. The number of halogens is 1. The lowest BCUT2D eigenvalue weighted by atomic mass is 10.4. The quantitative estimate of drug-likeness (QED) is 0.691. The fraction of sp³-hybridized carbons (Fsp3) is 0.667. The van der Waals surface area contributed by atoms with Crippen LogP contribution in [0.4, 0.5) is 0 Å². The molecule has 1 aromatic heterocycles. The van der Waals surface area contributed by atoms with E-state index in [9.17, 15) is 0 Å². The van der Waals surface area contributed by atoms with Gasteiger partial charge in [0.05, 0.1) is 10.7 Å². The van der Waals surface area contributed by atoms with Crippen molar-refractivity contribution in [1.29, 1.82) is 0 Å². The third-order valence-corrected chi connectivity index (χ3v) is 3.67. The first kappa shape index (κ1) is 10.3. The van der Waals surface area contributed by atoms with E-state index in [4.69, 9.17) is 11.6 Å². The van der Waals surface area contributed by atoms with Gasteiger partial charge in [-0.25, -0.2) is 0 Å². The molecule has 0 bridgehead atoms. The van der Waals surface area contributed by atoms with Gasteiger partial charge in [0, 0.05) is 19.6 Å². The zero-order chi connectivity index (χ0) is 10.1. The van der Waals surface area contributed by atoms with Crippen LogP contribution in [-0.2, 0) is 13.1 Å². The van der Waals surface area contributed by atoms with E-state index in [1.165, 1.54) is 0 Å². The van der Waals surface area contributed by atoms with Crippen molar-refractivity contribution >= 4 is 23.4 Å². The number of hydrogen-bond acceptors (Lipinski definition) is 3. The minimum atomic E-state index is 0.839. The molecule has 78 valence electrons. The number of hydrogen-bond donors (Lipinski definition) is 0. The molecule has 14 heavy (non-hydrogen) atoms. The van der Waals surface area contributed by atoms with Gasteiger partial charge in [-0.1, -0.05) is 11.6 Å². The van der Waals surface area contributed by atoms with Crippen LogP contribution in [0.15, 0.2) is 5.03 Å². The molecule has 1 aliphatic rings. The first-order chi connectivity index (χ1) is 6.72. The molecule has 0 radical (unpaired) electrons. The van der Waals surface area contributed by atoms with Gasteiger partial charge < -0.3 is 4.90 Å². The van der Waals surface area contributed by atoms with Crippen molar-refractivity contribution in [3.8, 4) is 0 Å². The maximum atomic E-state index is 6.25. The summed E-state index contributed by atoms with van der Waals surface area (Å²) in [5.74, 6) is 0.